The molecular weight excluding hydrogens is 250 g/mol. The van der Waals surface area contributed by atoms with Crippen LogP contribution in [0.3, 0.4) is 0 Å². The second kappa shape index (κ2) is 5.64. The van der Waals surface area contributed by atoms with Crippen LogP contribution >= 0.6 is 0 Å². The molecule has 1 saturated carbocycles. The smallest absolute Gasteiger partial charge is 0.110 e. The zero-order valence-electron chi connectivity index (χ0n) is 11.8. The SMILES string of the molecule is CCOCCCc1nc2cc(C#N)ccc2n1C1CC1. The number of imidazole rings is 1. The summed E-state index contributed by atoms with van der Waals surface area (Å²) in [7, 11) is 0. The van der Waals surface area contributed by atoms with Crippen molar-refractivity contribution in [3.05, 3.63) is 29.6 Å². The van der Waals surface area contributed by atoms with Crippen LogP contribution in [0.1, 0.15) is 43.6 Å². The normalized spacial score (nSPS) is 14.6. The van der Waals surface area contributed by atoms with E-state index in [9.17, 15) is 0 Å². The lowest BCUT2D eigenvalue weighted by atomic mass is 10.2. The monoisotopic (exact) mass is 269 g/mol. The van der Waals surface area contributed by atoms with Gasteiger partial charge < -0.3 is 9.30 Å². The zero-order valence-corrected chi connectivity index (χ0v) is 11.8. The number of nitriles is 1. The number of benzene rings is 1. The van der Waals surface area contributed by atoms with Crippen molar-refractivity contribution in [3.63, 3.8) is 0 Å². The van der Waals surface area contributed by atoms with E-state index in [1.807, 2.05) is 25.1 Å². The summed E-state index contributed by atoms with van der Waals surface area (Å²) >= 11 is 0. The molecule has 1 aliphatic carbocycles. The van der Waals surface area contributed by atoms with Gasteiger partial charge >= 0.3 is 0 Å². The predicted molar refractivity (Wildman–Crippen MR) is 77.5 cm³/mol. The molecule has 0 aliphatic heterocycles. The van der Waals surface area contributed by atoms with Crippen LogP contribution in [0.25, 0.3) is 11.0 Å². The third-order valence-corrected chi connectivity index (χ3v) is 3.70. The van der Waals surface area contributed by atoms with E-state index < -0.39 is 0 Å². The molecule has 2 aromatic rings. The summed E-state index contributed by atoms with van der Waals surface area (Å²) in [6.45, 7) is 3.57. The van der Waals surface area contributed by atoms with Crippen LogP contribution in [-0.4, -0.2) is 22.8 Å². The number of fused-ring (bicyclic) bond motifs is 1. The Labute approximate surface area is 119 Å². The van der Waals surface area contributed by atoms with Gasteiger partial charge in [-0.05, 0) is 44.4 Å². The maximum absolute atomic E-state index is 8.99. The number of hydrogen-bond donors (Lipinski definition) is 0. The number of ether oxygens (including phenoxy) is 1. The van der Waals surface area contributed by atoms with Crippen molar-refractivity contribution in [2.45, 2.75) is 38.6 Å². The third kappa shape index (κ3) is 2.54. The molecule has 0 atom stereocenters. The van der Waals surface area contributed by atoms with E-state index in [0.29, 0.717) is 11.6 Å². The fraction of sp³-hybridized carbons (Fsp3) is 0.500. The Balaban J connectivity index is 1.89. The lowest BCUT2D eigenvalue weighted by Gasteiger charge is -2.07. The second-order valence-electron chi connectivity index (χ2n) is 5.24. The Kier molecular flexibility index (Phi) is 3.70. The van der Waals surface area contributed by atoms with Crippen molar-refractivity contribution in [1.82, 2.24) is 9.55 Å². The molecule has 1 aliphatic rings. The van der Waals surface area contributed by atoms with E-state index in [1.165, 1.54) is 12.8 Å². The standard InChI is InChI=1S/C16H19N3O/c1-2-20-9-3-4-16-18-14-10-12(11-17)5-8-15(14)19(16)13-6-7-13/h5,8,10,13H,2-4,6-7,9H2,1H3. The van der Waals surface area contributed by atoms with Crippen molar-refractivity contribution in [2.75, 3.05) is 13.2 Å². The Morgan fingerprint density at radius 2 is 2.30 bits per heavy atom. The molecule has 0 amide bonds. The first-order valence-electron chi connectivity index (χ1n) is 7.32. The van der Waals surface area contributed by atoms with Crippen LogP contribution in [0, 0.1) is 11.3 Å². The first-order chi connectivity index (χ1) is 9.83. The molecule has 3 rings (SSSR count). The van der Waals surface area contributed by atoms with E-state index in [0.717, 1.165) is 42.9 Å². The minimum absolute atomic E-state index is 0.607. The van der Waals surface area contributed by atoms with Crippen LogP contribution in [0.4, 0.5) is 0 Å². The van der Waals surface area contributed by atoms with Gasteiger partial charge in [0, 0.05) is 25.7 Å². The lowest BCUT2D eigenvalue weighted by molar-refractivity contribution is 0.144. The molecule has 0 bridgehead atoms. The number of aromatic nitrogens is 2. The summed E-state index contributed by atoms with van der Waals surface area (Å²) in [4.78, 5) is 4.74. The van der Waals surface area contributed by atoms with E-state index >= 15 is 0 Å². The van der Waals surface area contributed by atoms with Crippen LogP contribution < -0.4 is 0 Å². The highest BCUT2D eigenvalue weighted by atomic mass is 16.5. The fourth-order valence-corrected chi connectivity index (χ4v) is 2.61. The molecule has 4 nitrogen and oxygen atoms in total. The van der Waals surface area contributed by atoms with Crippen LogP contribution in [0.2, 0.25) is 0 Å². The summed E-state index contributed by atoms with van der Waals surface area (Å²) in [5.41, 5.74) is 2.79. The van der Waals surface area contributed by atoms with Crippen LogP contribution in [-0.2, 0) is 11.2 Å². The number of rotatable bonds is 6. The van der Waals surface area contributed by atoms with Gasteiger partial charge in [0.2, 0.25) is 0 Å². The van der Waals surface area contributed by atoms with E-state index in [1.54, 1.807) is 0 Å². The van der Waals surface area contributed by atoms with E-state index in [4.69, 9.17) is 15.0 Å². The van der Waals surface area contributed by atoms with Crippen molar-refractivity contribution in [3.8, 4) is 6.07 Å². The first kappa shape index (κ1) is 13.1. The average molecular weight is 269 g/mol. The molecular formula is C16H19N3O. The predicted octanol–water partition coefficient (Wildman–Crippen LogP) is 3.21. The molecule has 0 unspecified atom stereocenters. The van der Waals surface area contributed by atoms with Gasteiger partial charge in [-0.1, -0.05) is 0 Å². The fourth-order valence-electron chi connectivity index (χ4n) is 2.61. The Morgan fingerprint density at radius 3 is 3.00 bits per heavy atom. The van der Waals surface area contributed by atoms with Crippen molar-refractivity contribution >= 4 is 11.0 Å². The van der Waals surface area contributed by atoms with Crippen LogP contribution in [0.5, 0.6) is 0 Å². The van der Waals surface area contributed by atoms with Crippen molar-refractivity contribution in [1.29, 1.82) is 5.26 Å². The van der Waals surface area contributed by atoms with Gasteiger partial charge in [-0.15, -0.1) is 0 Å². The summed E-state index contributed by atoms with van der Waals surface area (Å²) in [6, 6.07) is 8.59. The Hall–Kier alpha value is -1.86. The minimum Gasteiger partial charge on any atom is -0.382 e. The molecule has 104 valence electrons. The molecule has 1 fully saturated rings. The van der Waals surface area contributed by atoms with Gasteiger partial charge in [-0.2, -0.15) is 5.26 Å². The van der Waals surface area contributed by atoms with Gasteiger partial charge in [-0.3, -0.25) is 0 Å². The van der Waals surface area contributed by atoms with E-state index in [2.05, 4.69) is 10.6 Å². The Morgan fingerprint density at radius 1 is 1.45 bits per heavy atom. The molecule has 0 N–H and O–H groups in total. The topological polar surface area (TPSA) is 50.8 Å². The third-order valence-electron chi connectivity index (χ3n) is 3.70. The van der Waals surface area contributed by atoms with Gasteiger partial charge in [0.1, 0.15) is 5.82 Å². The molecule has 1 heterocycles. The molecule has 20 heavy (non-hydrogen) atoms. The van der Waals surface area contributed by atoms with Crippen LogP contribution in [0.15, 0.2) is 18.2 Å². The summed E-state index contributed by atoms with van der Waals surface area (Å²) in [5.74, 6) is 1.14. The number of aryl methyl sites for hydroxylation is 1. The summed E-state index contributed by atoms with van der Waals surface area (Å²) in [6.07, 6.45) is 4.41. The maximum atomic E-state index is 8.99. The second-order valence-corrected chi connectivity index (χ2v) is 5.24. The van der Waals surface area contributed by atoms with Crippen molar-refractivity contribution < 1.29 is 4.74 Å². The highest BCUT2D eigenvalue weighted by Gasteiger charge is 2.27. The highest BCUT2D eigenvalue weighted by Crippen LogP contribution is 2.39. The lowest BCUT2D eigenvalue weighted by Crippen LogP contribution is -2.04. The van der Waals surface area contributed by atoms with Gasteiger partial charge in [0.25, 0.3) is 0 Å². The Bertz CT molecular complexity index is 650. The molecule has 1 aromatic heterocycles. The molecule has 0 saturated heterocycles. The first-order valence-corrected chi connectivity index (χ1v) is 7.32. The van der Waals surface area contributed by atoms with E-state index in [-0.39, 0.29) is 0 Å². The molecule has 0 spiro atoms. The average Bonchev–Trinajstić information content (AvgIpc) is 3.24. The molecule has 1 aromatic carbocycles. The van der Waals surface area contributed by atoms with Gasteiger partial charge in [0.05, 0.1) is 22.7 Å². The highest BCUT2D eigenvalue weighted by molar-refractivity contribution is 5.78. The number of hydrogen-bond acceptors (Lipinski definition) is 3. The summed E-state index contributed by atoms with van der Waals surface area (Å²) < 4.78 is 7.77. The number of nitrogens with zero attached hydrogens (tertiary/aromatic N) is 3. The summed E-state index contributed by atoms with van der Waals surface area (Å²) in [5, 5.41) is 8.99. The minimum atomic E-state index is 0.607. The maximum Gasteiger partial charge on any atom is 0.110 e. The molecule has 4 heteroatoms. The van der Waals surface area contributed by atoms with Gasteiger partial charge in [0.15, 0.2) is 0 Å². The van der Waals surface area contributed by atoms with Crippen molar-refractivity contribution in [2.24, 2.45) is 0 Å². The zero-order chi connectivity index (χ0) is 13.9. The molecule has 0 radical (unpaired) electrons. The quantitative estimate of drug-likeness (QED) is 0.757. The largest absolute Gasteiger partial charge is 0.382 e. The van der Waals surface area contributed by atoms with Gasteiger partial charge in [-0.25, -0.2) is 4.98 Å².